The number of nitrogens with zero attached hydrogens (tertiary/aromatic N) is 1. The van der Waals surface area contributed by atoms with Crippen LogP contribution in [0.2, 0.25) is 0 Å². The number of allylic oxidation sites excluding steroid dienone is 2. The van der Waals surface area contributed by atoms with Gasteiger partial charge in [0.15, 0.2) is 5.78 Å². The number of carbonyl (C=O) groups is 1. The Balaban J connectivity index is 0.00000312. The summed E-state index contributed by atoms with van der Waals surface area (Å²) in [4.78, 5) is 12.4. The van der Waals surface area contributed by atoms with E-state index in [0.29, 0.717) is 11.3 Å². The van der Waals surface area contributed by atoms with Crippen molar-refractivity contribution in [3.05, 3.63) is 87.4 Å². The van der Waals surface area contributed by atoms with Gasteiger partial charge >= 0.3 is 18.9 Å². The van der Waals surface area contributed by atoms with Crippen molar-refractivity contribution >= 4 is 27.4 Å². The molecule has 0 aliphatic heterocycles. The second-order valence-electron chi connectivity index (χ2n) is 5.83. The first kappa shape index (κ1) is 21.4. The first-order valence-corrected chi connectivity index (χ1v) is 8.62. The maximum Gasteiger partial charge on any atom is 1.00 e. The molecule has 0 spiro atoms. The van der Waals surface area contributed by atoms with Crippen LogP contribution in [-0.4, -0.2) is 17.5 Å². The van der Waals surface area contributed by atoms with Gasteiger partial charge in [-0.2, -0.15) is 5.71 Å². The van der Waals surface area contributed by atoms with Gasteiger partial charge in [0, 0.05) is 27.9 Å². The van der Waals surface area contributed by atoms with Gasteiger partial charge in [-0.25, -0.2) is 0 Å². The minimum absolute atomic E-state index is 0. The van der Waals surface area contributed by atoms with E-state index in [9.17, 15) is 10.2 Å². The summed E-state index contributed by atoms with van der Waals surface area (Å²) < 4.78 is 0.953. The molecule has 0 aliphatic carbocycles. The second kappa shape index (κ2) is 10.4. The summed E-state index contributed by atoms with van der Waals surface area (Å²) in [5.74, 6) is -0.0812. The molecule has 0 fully saturated rings. The number of nitrogens with one attached hydrogen (secondary N) is 1. The first-order chi connectivity index (χ1) is 11.5. The van der Waals surface area contributed by atoms with E-state index in [4.69, 9.17) is 0 Å². The largest absolute Gasteiger partial charge is 1.00 e. The number of benzene rings is 2. The summed E-state index contributed by atoms with van der Waals surface area (Å²) in [7, 11) is 0. The zero-order valence-corrected chi connectivity index (χ0v) is 16.4. The van der Waals surface area contributed by atoms with Crippen molar-refractivity contribution in [1.82, 2.24) is 5.32 Å². The summed E-state index contributed by atoms with van der Waals surface area (Å²) in [5, 5.41) is 13.6. The Kier molecular flexibility index (Phi) is 8.92. The molecular weight excluding hydrogens is 371 g/mol. The van der Waals surface area contributed by atoms with E-state index in [1.54, 1.807) is 18.2 Å². The quantitative estimate of drug-likeness (QED) is 0.340. The Bertz CT molecular complexity index is 740. The summed E-state index contributed by atoms with van der Waals surface area (Å²) in [6, 6.07) is 16.7. The maximum absolute atomic E-state index is 12.4. The second-order valence-corrected chi connectivity index (χ2v) is 6.74. The fraction of sp³-hybridized carbons (Fsp3) is 0.200. The monoisotopic (exact) mass is 390 g/mol. The van der Waals surface area contributed by atoms with Crippen LogP contribution in [0.4, 0.5) is 0 Å². The molecule has 0 saturated carbocycles. The summed E-state index contributed by atoms with van der Waals surface area (Å²) >= 11 is 3.38. The van der Waals surface area contributed by atoms with Gasteiger partial charge in [0.1, 0.15) is 0 Å². The molecule has 0 saturated heterocycles. The van der Waals surface area contributed by atoms with E-state index < -0.39 is 0 Å². The number of carbonyl (C=O) groups excluding carboxylic acids is 1. The van der Waals surface area contributed by atoms with Crippen molar-refractivity contribution in [3.8, 4) is 0 Å². The van der Waals surface area contributed by atoms with E-state index in [1.165, 1.54) is 0 Å². The Morgan fingerprint density at radius 3 is 2.24 bits per heavy atom. The Morgan fingerprint density at radius 2 is 1.68 bits per heavy atom. The average molecular weight is 391 g/mol. The summed E-state index contributed by atoms with van der Waals surface area (Å²) in [5.41, 5.74) is 2.28. The van der Waals surface area contributed by atoms with Gasteiger partial charge in [-0.3, -0.25) is 4.79 Å². The van der Waals surface area contributed by atoms with Gasteiger partial charge in [-0.15, -0.1) is 0 Å². The van der Waals surface area contributed by atoms with Crippen LogP contribution in [0.25, 0.3) is 5.41 Å². The molecule has 0 heterocycles. The van der Waals surface area contributed by atoms with Crippen LogP contribution in [0.1, 0.15) is 36.2 Å². The third-order valence-corrected chi connectivity index (χ3v) is 3.90. The van der Waals surface area contributed by atoms with Crippen LogP contribution in [0.5, 0.6) is 0 Å². The predicted octanol–water partition coefficient (Wildman–Crippen LogP) is 1.97. The Morgan fingerprint density at radius 1 is 1.08 bits per heavy atom. The number of ketones is 1. The van der Waals surface area contributed by atoms with Gasteiger partial charge in [0.2, 0.25) is 0 Å². The molecule has 0 unspecified atom stereocenters. The van der Waals surface area contributed by atoms with E-state index in [2.05, 4.69) is 21.2 Å². The fourth-order valence-electron chi connectivity index (χ4n) is 2.28. The zero-order valence-electron chi connectivity index (χ0n) is 14.8. The van der Waals surface area contributed by atoms with Crippen molar-refractivity contribution in [2.24, 2.45) is 0 Å². The van der Waals surface area contributed by atoms with Crippen molar-refractivity contribution in [2.75, 3.05) is 0 Å². The molecule has 0 radical (unpaired) electrons. The molecule has 25 heavy (non-hydrogen) atoms. The van der Waals surface area contributed by atoms with Gasteiger partial charge in [0.05, 0.1) is 0 Å². The third kappa shape index (κ3) is 7.03. The molecule has 0 aliphatic rings. The molecule has 0 amide bonds. The molecule has 3 nitrogen and oxygen atoms in total. The molecule has 2 aromatic rings. The van der Waals surface area contributed by atoms with Gasteiger partial charge in [-0.05, 0) is 38.0 Å². The Hall–Kier alpha value is -1.60. The van der Waals surface area contributed by atoms with E-state index in [0.717, 1.165) is 10.0 Å². The minimum Gasteiger partial charge on any atom is -0.807 e. The maximum atomic E-state index is 12.4. The van der Waals surface area contributed by atoms with Gasteiger partial charge < -0.3 is 10.7 Å². The standard InChI is InChI=1S/C20H20BrN2O.Li/c1-14(2)23-18(13-20(24)16-6-4-3-5-7-16)12-19(22)15-8-10-17(21)11-9-15;/h3-11,13-14,23H,12H2,1-2H3;/q-1;+1/b18-13-;. The zero-order chi connectivity index (χ0) is 17.5. The number of hydrogen-bond donors (Lipinski definition) is 1. The minimum atomic E-state index is -0.0812. The SMILES string of the molecule is CC(C)N/C(=C\C(=O)c1ccccc1)CC(=[N-])c1ccc(Br)cc1.[Li+]. The van der Waals surface area contributed by atoms with E-state index in [1.807, 2.05) is 56.3 Å². The van der Waals surface area contributed by atoms with Crippen molar-refractivity contribution in [3.63, 3.8) is 0 Å². The van der Waals surface area contributed by atoms with Crippen molar-refractivity contribution in [1.29, 1.82) is 0 Å². The van der Waals surface area contributed by atoms with Crippen molar-refractivity contribution < 1.29 is 23.7 Å². The molecular formula is C20H20BrLiN2O. The van der Waals surface area contributed by atoms with E-state index in [-0.39, 0.29) is 42.8 Å². The number of halogens is 1. The Labute approximate surface area is 169 Å². The van der Waals surface area contributed by atoms with Crippen LogP contribution < -0.4 is 24.2 Å². The van der Waals surface area contributed by atoms with Crippen LogP contribution in [0.3, 0.4) is 0 Å². The molecule has 0 atom stereocenters. The van der Waals surface area contributed by atoms with Crippen LogP contribution in [0, 0.1) is 0 Å². The van der Waals surface area contributed by atoms with Crippen LogP contribution in [0.15, 0.2) is 70.8 Å². The number of hydrogen-bond acceptors (Lipinski definition) is 2. The van der Waals surface area contributed by atoms with Gasteiger partial charge in [-0.1, -0.05) is 58.4 Å². The summed E-state index contributed by atoms with van der Waals surface area (Å²) in [6.45, 7) is 4.00. The topological polar surface area (TPSA) is 51.4 Å². The van der Waals surface area contributed by atoms with Crippen LogP contribution >= 0.6 is 15.9 Å². The smallest absolute Gasteiger partial charge is 0.807 e. The molecule has 124 valence electrons. The molecule has 2 rings (SSSR count). The number of rotatable bonds is 7. The van der Waals surface area contributed by atoms with E-state index >= 15 is 0 Å². The summed E-state index contributed by atoms with van der Waals surface area (Å²) in [6.07, 6.45) is 1.84. The molecule has 0 bridgehead atoms. The third-order valence-electron chi connectivity index (χ3n) is 3.37. The van der Waals surface area contributed by atoms with Gasteiger partial charge in [0.25, 0.3) is 0 Å². The molecule has 2 aromatic carbocycles. The van der Waals surface area contributed by atoms with Crippen LogP contribution in [-0.2, 0) is 0 Å². The van der Waals surface area contributed by atoms with Crippen molar-refractivity contribution in [2.45, 2.75) is 26.3 Å². The molecule has 0 aromatic heterocycles. The molecule has 5 heteroatoms. The fourth-order valence-corrected chi connectivity index (χ4v) is 2.55. The first-order valence-electron chi connectivity index (χ1n) is 7.83. The normalized spacial score (nSPS) is 11.0. The molecule has 1 N–H and O–H groups in total. The predicted molar refractivity (Wildman–Crippen MR) is 103 cm³/mol. The average Bonchev–Trinajstić information content (AvgIpc) is 2.55.